The highest BCUT2D eigenvalue weighted by Crippen LogP contribution is 2.88. The van der Waals surface area contributed by atoms with Crippen molar-refractivity contribution in [1.82, 2.24) is 34.9 Å². The van der Waals surface area contributed by atoms with Gasteiger partial charge in [-0.15, -0.1) is 6.58 Å². The zero-order valence-electron chi connectivity index (χ0n) is 35.8. The van der Waals surface area contributed by atoms with Gasteiger partial charge in [0, 0.05) is 41.9 Å². The molecule has 0 unspecified atom stereocenters. The van der Waals surface area contributed by atoms with Gasteiger partial charge in [0.05, 0.1) is 0 Å². The molecule has 2 spiro atoms. The number of fused-ring (bicyclic) bond motifs is 2. The third-order valence-corrected chi connectivity index (χ3v) is 17.4. The van der Waals surface area contributed by atoms with Crippen molar-refractivity contribution in [3.8, 4) is 0 Å². The number of likely N-dealkylation sites (tertiary alicyclic amines) is 1. The maximum Gasteiger partial charge on any atom is 0.303 e. The predicted molar refractivity (Wildman–Crippen MR) is 227 cm³/mol. The van der Waals surface area contributed by atoms with E-state index in [1.54, 1.807) is 17.0 Å². The van der Waals surface area contributed by atoms with Gasteiger partial charge in [-0.05, 0) is 85.7 Å². The van der Waals surface area contributed by atoms with E-state index in [1.165, 1.54) is 4.31 Å². The van der Waals surface area contributed by atoms with Crippen LogP contribution in [0.1, 0.15) is 122 Å². The average molecular weight is 846 g/mol. The summed E-state index contributed by atoms with van der Waals surface area (Å²) in [6.07, 6.45) is 11.0. The number of hydrogen-bond acceptors (Lipinski definition) is 7. The normalized spacial score (nSPS) is 29.4. The van der Waals surface area contributed by atoms with Gasteiger partial charge in [-0.3, -0.25) is 24.0 Å². The SMILES string of the molecule is C=C[C@@H]1C[C@]1(NC(=O)[C@@H]1C[C@@]2(CN1C(=O)[C@@H](NC(=O)[C@@H](NC(=O)c1cc3ccccc3[nH]1)C1CCCCC1)C(C)(C)C)C(C)(C)C21CCC1)C(=O)NS(=O)(=O)N1CCCC1. The molecule has 4 saturated carbocycles. The number of para-hydroxylation sites is 1. The summed E-state index contributed by atoms with van der Waals surface area (Å²) in [6, 6.07) is 6.42. The van der Waals surface area contributed by atoms with Gasteiger partial charge in [-0.1, -0.05) is 84.6 Å². The summed E-state index contributed by atoms with van der Waals surface area (Å²) in [5, 5.41) is 9.98. The number of nitrogens with zero attached hydrogens (tertiary/aromatic N) is 2. The van der Waals surface area contributed by atoms with E-state index in [2.05, 4.69) is 46.1 Å². The van der Waals surface area contributed by atoms with Crippen molar-refractivity contribution in [3.05, 3.63) is 48.7 Å². The van der Waals surface area contributed by atoms with Crippen molar-refractivity contribution >= 4 is 50.6 Å². The number of nitrogens with one attached hydrogen (secondary N) is 5. The maximum atomic E-state index is 15.3. The Kier molecular flexibility index (Phi) is 10.6. The van der Waals surface area contributed by atoms with Crippen LogP contribution in [0.15, 0.2) is 43.0 Å². The first-order valence-electron chi connectivity index (χ1n) is 22.1. The third-order valence-electron chi connectivity index (χ3n) is 15.9. The summed E-state index contributed by atoms with van der Waals surface area (Å²) in [7, 11) is -4.12. The Labute approximate surface area is 354 Å². The summed E-state index contributed by atoms with van der Waals surface area (Å²) < 4.78 is 29.9. The van der Waals surface area contributed by atoms with Crippen LogP contribution >= 0.6 is 0 Å². The molecule has 8 rings (SSSR count). The molecule has 4 aliphatic carbocycles. The van der Waals surface area contributed by atoms with Crippen molar-refractivity contribution in [2.24, 2.45) is 33.5 Å². The van der Waals surface area contributed by atoms with Crippen LogP contribution in [0.2, 0.25) is 0 Å². The highest BCUT2D eigenvalue weighted by atomic mass is 32.2. The molecule has 0 bridgehead atoms. The number of aromatic nitrogens is 1. The van der Waals surface area contributed by atoms with Crippen LogP contribution in [0.25, 0.3) is 10.9 Å². The van der Waals surface area contributed by atoms with Gasteiger partial charge < -0.3 is 25.8 Å². The lowest BCUT2D eigenvalue weighted by atomic mass is 9.73. The second-order valence-electron chi connectivity index (χ2n) is 20.3. The van der Waals surface area contributed by atoms with Crippen LogP contribution < -0.4 is 20.7 Å². The quantitative estimate of drug-likeness (QED) is 0.192. The predicted octanol–water partition coefficient (Wildman–Crippen LogP) is 4.69. The van der Waals surface area contributed by atoms with Gasteiger partial charge in [-0.2, -0.15) is 12.7 Å². The summed E-state index contributed by atoms with van der Waals surface area (Å²) in [5.74, 6) is -3.22. The highest BCUT2D eigenvalue weighted by molar-refractivity contribution is 7.87. The minimum absolute atomic E-state index is 0.0326. The van der Waals surface area contributed by atoms with E-state index in [0.29, 0.717) is 44.6 Å². The number of H-pyrrole nitrogens is 1. The lowest BCUT2D eigenvalue weighted by molar-refractivity contribution is -0.145. The Morgan fingerprint density at radius 3 is 2.18 bits per heavy atom. The van der Waals surface area contributed by atoms with E-state index in [1.807, 2.05) is 45.0 Å². The van der Waals surface area contributed by atoms with E-state index >= 15 is 4.79 Å². The number of aromatic amines is 1. The first kappa shape index (κ1) is 42.5. The molecular weight excluding hydrogens is 783 g/mol. The molecule has 6 atom stereocenters. The number of hydrogen-bond donors (Lipinski definition) is 5. The first-order chi connectivity index (χ1) is 28.3. The molecule has 2 aliphatic heterocycles. The smallest absolute Gasteiger partial charge is 0.303 e. The molecule has 15 heteroatoms. The van der Waals surface area contributed by atoms with Crippen LogP contribution in [-0.4, -0.2) is 95.4 Å². The van der Waals surface area contributed by atoms with Crippen LogP contribution in [0, 0.1) is 33.5 Å². The van der Waals surface area contributed by atoms with Gasteiger partial charge in [0.25, 0.3) is 11.8 Å². The first-order valence-corrected chi connectivity index (χ1v) is 23.5. The molecule has 6 fully saturated rings. The molecule has 326 valence electrons. The molecule has 5 amide bonds. The van der Waals surface area contributed by atoms with Gasteiger partial charge >= 0.3 is 10.2 Å². The third kappa shape index (κ3) is 6.85. The molecule has 0 radical (unpaired) electrons. The standard InChI is InChI=1S/C45H63N7O7S/c1-7-30-25-45(30,40(57)50-60(58,59)51-22-13-14-23-51)49-37(54)33-26-44(42(5,6)43(44)20-15-21-43)27-52(33)39(56)35(41(2,3)4)48-38(55)34(28-16-9-8-10-17-28)47-36(53)32-24-29-18-11-12-19-31(29)46-32/h7,11-12,18-19,24,28,30,33-35,46H,1,8-10,13-17,20-23,25-27H2,2-6H3,(H,47,53)(H,48,55)(H,49,54)(H,50,57)/t30-,33+,34+,35-,44-,45-/m1/s1. The van der Waals surface area contributed by atoms with Gasteiger partial charge in [0.15, 0.2) is 0 Å². The Morgan fingerprint density at radius 2 is 1.60 bits per heavy atom. The van der Waals surface area contributed by atoms with Crippen molar-refractivity contribution in [3.63, 3.8) is 0 Å². The molecular formula is C45H63N7O7S. The fourth-order valence-corrected chi connectivity index (χ4v) is 13.2. The van der Waals surface area contributed by atoms with Crippen molar-refractivity contribution in [2.75, 3.05) is 19.6 Å². The summed E-state index contributed by atoms with van der Waals surface area (Å²) in [5.41, 5.74) is -1.72. The Balaban J connectivity index is 1.06. The molecule has 2 aromatic rings. The molecule has 6 aliphatic rings. The average Bonchev–Trinajstić information content (AvgIpc) is 3.59. The Hall–Kier alpha value is -4.24. The number of carbonyl (C=O) groups excluding carboxylic acids is 5. The molecule has 5 N–H and O–H groups in total. The van der Waals surface area contributed by atoms with Crippen molar-refractivity contribution in [1.29, 1.82) is 0 Å². The fraction of sp³-hybridized carbons (Fsp3) is 0.667. The summed E-state index contributed by atoms with van der Waals surface area (Å²) in [6.45, 7) is 14.9. The molecule has 60 heavy (non-hydrogen) atoms. The van der Waals surface area contributed by atoms with E-state index < -0.39 is 74.7 Å². The second kappa shape index (κ2) is 15.0. The van der Waals surface area contributed by atoms with Gasteiger partial charge in [-0.25, -0.2) is 4.72 Å². The topological polar surface area (TPSA) is 190 Å². The van der Waals surface area contributed by atoms with Crippen molar-refractivity contribution < 1.29 is 32.4 Å². The summed E-state index contributed by atoms with van der Waals surface area (Å²) >= 11 is 0. The zero-order valence-corrected chi connectivity index (χ0v) is 36.6. The van der Waals surface area contributed by atoms with Crippen LogP contribution in [0.4, 0.5) is 0 Å². The van der Waals surface area contributed by atoms with Crippen LogP contribution in [0.5, 0.6) is 0 Å². The Bertz CT molecular complexity index is 2160. The summed E-state index contributed by atoms with van der Waals surface area (Å²) in [4.78, 5) is 77.1. The molecule has 1 aromatic carbocycles. The number of carbonyl (C=O) groups is 5. The minimum atomic E-state index is -4.12. The molecule has 14 nitrogen and oxygen atoms in total. The number of rotatable bonds is 12. The van der Waals surface area contributed by atoms with E-state index in [9.17, 15) is 27.6 Å². The monoisotopic (exact) mass is 845 g/mol. The largest absolute Gasteiger partial charge is 0.351 e. The zero-order chi connectivity index (χ0) is 43.0. The molecule has 3 heterocycles. The lowest BCUT2D eigenvalue weighted by Gasteiger charge is -2.38. The Morgan fingerprint density at radius 1 is 0.917 bits per heavy atom. The minimum Gasteiger partial charge on any atom is -0.351 e. The van der Waals surface area contributed by atoms with Crippen molar-refractivity contribution in [2.45, 2.75) is 135 Å². The van der Waals surface area contributed by atoms with Crippen LogP contribution in [-0.2, 0) is 29.4 Å². The van der Waals surface area contributed by atoms with Gasteiger partial charge in [0.2, 0.25) is 17.7 Å². The van der Waals surface area contributed by atoms with E-state index in [-0.39, 0.29) is 28.6 Å². The highest BCUT2D eigenvalue weighted by Gasteiger charge is 2.85. The van der Waals surface area contributed by atoms with Crippen LogP contribution in [0.3, 0.4) is 0 Å². The molecule has 1 aromatic heterocycles. The maximum absolute atomic E-state index is 15.3. The fourth-order valence-electron chi connectivity index (χ4n) is 11.9. The number of amides is 5. The second-order valence-corrected chi connectivity index (χ2v) is 22.0. The number of benzene rings is 1. The van der Waals surface area contributed by atoms with E-state index in [0.717, 1.165) is 62.3 Å². The van der Waals surface area contributed by atoms with Gasteiger partial charge in [0.1, 0.15) is 29.4 Å². The molecule has 2 saturated heterocycles. The van der Waals surface area contributed by atoms with E-state index in [4.69, 9.17) is 0 Å². The lowest BCUT2D eigenvalue weighted by Crippen LogP contribution is -2.62.